The van der Waals surface area contributed by atoms with Gasteiger partial charge in [-0.3, -0.25) is 4.79 Å². The highest BCUT2D eigenvalue weighted by Crippen LogP contribution is 2.28. The molecule has 0 aliphatic heterocycles. The third-order valence-corrected chi connectivity index (χ3v) is 5.19. The predicted molar refractivity (Wildman–Crippen MR) is 92.8 cm³/mol. The summed E-state index contributed by atoms with van der Waals surface area (Å²) < 4.78 is 20.5. The van der Waals surface area contributed by atoms with Gasteiger partial charge in [0, 0.05) is 17.7 Å². The normalized spacial score (nSPS) is 19.9. The smallest absolute Gasteiger partial charge is 0.359 e. The van der Waals surface area contributed by atoms with Gasteiger partial charge in [-0.05, 0) is 69.2 Å². The molecule has 0 amide bonds. The number of halogens is 1. The quantitative estimate of drug-likeness (QED) is 0.789. The van der Waals surface area contributed by atoms with Crippen LogP contribution in [-0.2, 0) is 22.4 Å². The van der Waals surface area contributed by atoms with Crippen LogP contribution in [-0.4, -0.2) is 27.6 Å². The lowest BCUT2D eigenvalue weighted by atomic mass is 9.95. The number of nitrogens with zero attached hydrogens (tertiary/aromatic N) is 2. The molecule has 2 aliphatic carbocycles. The molecule has 2 aromatic rings. The van der Waals surface area contributed by atoms with Gasteiger partial charge < -0.3 is 4.74 Å². The van der Waals surface area contributed by atoms with E-state index >= 15 is 0 Å². The third-order valence-electron chi connectivity index (χ3n) is 5.19. The number of hydrogen-bond donors (Lipinski definition) is 0. The summed E-state index contributed by atoms with van der Waals surface area (Å²) >= 11 is 0. The van der Waals surface area contributed by atoms with Gasteiger partial charge in [-0.15, -0.1) is 0 Å². The molecule has 0 unspecified atom stereocenters. The zero-order valence-corrected chi connectivity index (χ0v) is 14.5. The lowest BCUT2D eigenvalue weighted by Gasteiger charge is -2.20. The molecule has 2 aliphatic rings. The van der Waals surface area contributed by atoms with Crippen molar-refractivity contribution in [2.75, 3.05) is 0 Å². The second-order valence-corrected chi connectivity index (χ2v) is 6.98. The number of carbonyl (C=O) groups excluding carboxylic acids is 2. The van der Waals surface area contributed by atoms with Crippen LogP contribution in [0.3, 0.4) is 0 Å². The minimum atomic E-state index is -0.647. The largest absolute Gasteiger partial charge is 0.450 e. The summed E-state index contributed by atoms with van der Waals surface area (Å²) in [5.74, 6) is -0.842. The van der Waals surface area contributed by atoms with Crippen LogP contribution in [0.5, 0.6) is 0 Å². The maximum atomic E-state index is 13.2. The Morgan fingerprint density at radius 1 is 1.08 bits per heavy atom. The molecule has 1 aromatic heterocycles. The molecule has 0 spiro atoms. The summed E-state index contributed by atoms with van der Waals surface area (Å²) in [6.07, 6.45) is 5.76. The Balaban J connectivity index is 1.66. The lowest BCUT2D eigenvalue weighted by molar-refractivity contribution is -0.129. The highest BCUT2D eigenvalue weighted by Gasteiger charge is 2.31. The van der Waals surface area contributed by atoms with Gasteiger partial charge in [-0.2, -0.15) is 5.10 Å². The van der Waals surface area contributed by atoms with Gasteiger partial charge in [0.1, 0.15) is 5.82 Å². The van der Waals surface area contributed by atoms with Crippen molar-refractivity contribution < 1.29 is 18.7 Å². The molecule has 1 aromatic carbocycles. The summed E-state index contributed by atoms with van der Waals surface area (Å²) in [4.78, 5) is 24.7. The van der Waals surface area contributed by atoms with Crippen molar-refractivity contribution in [1.82, 2.24) is 9.78 Å². The summed E-state index contributed by atoms with van der Waals surface area (Å²) in [5.41, 5.74) is 2.89. The average molecular weight is 356 g/mol. The van der Waals surface area contributed by atoms with Gasteiger partial charge in [-0.25, -0.2) is 13.9 Å². The SMILES string of the molecule is O=C(O[C@H]1CCCCC1=O)c1nn(-c2ccc(F)cc2)c2c1CCCC2. The number of carbonyl (C=O) groups is 2. The monoisotopic (exact) mass is 356 g/mol. The molecule has 0 N–H and O–H groups in total. The van der Waals surface area contributed by atoms with Crippen LogP contribution in [0.15, 0.2) is 24.3 Å². The maximum Gasteiger partial charge on any atom is 0.359 e. The second kappa shape index (κ2) is 7.02. The van der Waals surface area contributed by atoms with Crippen molar-refractivity contribution >= 4 is 11.8 Å². The minimum absolute atomic E-state index is 0.00330. The Hall–Kier alpha value is -2.50. The van der Waals surface area contributed by atoms with Crippen molar-refractivity contribution in [2.24, 2.45) is 0 Å². The number of aromatic nitrogens is 2. The van der Waals surface area contributed by atoms with Crippen molar-refractivity contribution in [1.29, 1.82) is 0 Å². The third kappa shape index (κ3) is 3.16. The number of fused-ring (bicyclic) bond motifs is 1. The van der Waals surface area contributed by atoms with E-state index < -0.39 is 12.1 Å². The summed E-state index contributed by atoms with van der Waals surface area (Å²) in [5, 5.41) is 4.49. The van der Waals surface area contributed by atoms with Crippen molar-refractivity contribution in [3.05, 3.63) is 47.0 Å². The van der Waals surface area contributed by atoms with E-state index in [1.54, 1.807) is 16.8 Å². The Labute approximate surface area is 151 Å². The maximum absolute atomic E-state index is 13.2. The Bertz CT molecular complexity index is 841. The number of rotatable bonds is 3. The Morgan fingerprint density at radius 3 is 2.58 bits per heavy atom. The number of ketones is 1. The zero-order valence-electron chi connectivity index (χ0n) is 14.5. The average Bonchev–Trinajstić information content (AvgIpc) is 3.04. The Morgan fingerprint density at radius 2 is 1.81 bits per heavy atom. The van der Waals surface area contributed by atoms with Gasteiger partial charge in [-0.1, -0.05) is 0 Å². The van der Waals surface area contributed by atoms with Crippen molar-refractivity contribution in [2.45, 2.75) is 57.5 Å². The number of Topliss-reactive ketones (excluding diaryl/α,β-unsaturated/α-hetero) is 1. The van der Waals surface area contributed by atoms with Crippen LogP contribution in [0.2, 0.25) is 0 Å². The van der Waals surface area contributed by atoms with Gasteiger partial charge in [0.25, 0.3) is 0 Å². The van der Waals surface area contributed by atoms with Gasteiger partial charge in [0.15, 0.2) is 17.6 Å². The minimum Gasteiger partial charge on any atom is -0.450 e. The first-order valence-electron chi connectivity index (χ1n) is 9.24. The standard InChI is InChI=1S/C20H21FN2O3/c21-13-9-11-14(12-10-13)23-16-6-2-1-5-15(16)19(22-23)20(25)26-18-8-4-3-7-17(18)24/h9-12,18H,1-8H2/t18-/m0/s1. The van der Waals surface area contributed by atoms with Crippen molar-refractivity contribution in [3.63, 3.8) is 0 Å². The summed E-state index contributed by atoms with van der Waals surface area (Å²) in [6, 6.07) is 6.06. The van der Waals surface area contributed by atoms with E-state index in [-0.39, 0.29) is 11.6 Å². The van der Waals surface area contributed by atoms with Gasteiger partial charge in [0.2, 0.25) is 0 Å². The second-order valence-electron chi connectivity index (χ2n) is 6.98. The van der Waals surface area contributed by atoms with E-state index in [9.17, 15) is 14.0 Å². The Kier molecular flexibility index (Phi) is 4.57. The highest BCUT2D eigenvalue weighted by atomic mass is 19.1. The molecule has 0 bridgehead atoms. The molecule has 1 heterocycles. The molecule has 0 saturated heterocycles. The zero-order chi connectivity index (χ0) is 18.1. The predicted octanol–water partition coefficient (Wildman–Crippen LogP) is 3.56. The van der Waals surface area contributed by atoms with Gasteiger partial charge in [0.05, 0.1) is 5.69 Å². The molecule has 1 saturated carbocycles. The summed E-state index contributed by atoms with van der Waals surface area (Å²) in [6.45, 7) is 0. The number of hydrogen-bond acceptors (Lipinski definition) is 4. The van der Waals surface area contributed by atoms with Crippen LogP contribution < -0.4 is 0 Å². The van der Waals surface area contributed by atoms with E-state index in [4.69, 9.17) is 4.74 Å². The van der Waals surface area contributed by atoms with Crippen LogP contribution in [0, 0.1) is 5.82 Å². The van der Waals surface area contributed by atoms with E-state index in [0.29, 0.717) is 18.5 Å². The molecule has 0 radical (unpaired) electrons. The van der Waals surface area contributed by atoms with Crippen LogP contribution in [0.1, 0.15) is 60.3 Å². The van der Waals surface area contributed by atoms with Crippen LogP contribution >= 0.6 is 0 Å². The summed E-state index contributed by atoms with van der Waals surface area (Å²) in [7, 11) is 0. The fraction of sp³-hybridized carbons (Fsp3) is 0.450. The van der Waals surface area contributed by atoms with Crippen molar-refractivity contribution in [3.8, 4) is 5.69 Å². The molecule has 5 nitrogen and oxygen atoms in total. The molecule has 136 valence electrons. The lowest BCUT2D eigenvalue weighted by Crippen LogP contribution is -2.30. The van der Waals surface area contributed by atoms with Crippen LogP contribution in [0.25, 0.3) is 5.69 Å². The number of esters is 1. The first kappa shape index (κ1) is 16.9. The van der Waals surface area contributed by atoms with Crippen LogP contribution in [0.4, 0.5) is 4.39 Å². The fourth-order valence-electron chi connectivity index (χ4n) is 3.82. The first-order chi connectivity index (χ1) is 12.6. The van der Waals surface area contributed by atoms with E-state index in [1.807, 2.05) is 0 Å². The van der Waals surface area contributed by atoms with E-state index in [0.717, 1.165) is 55.5 Å². The topological polar surface area (TPSA) is 61.2 Å². The highest BCUT2D eigenvalue weighted by molar-refractivity contribution is 5.93. The molecule has 4 rings (SSSR count). The fourth-order valence-corrected chi connectivity index (χ4v) is 3.82. The molecule has 6 heteroatoms. The van der Waals surface area contributed by atoms with E-state index in [2.05, 4.69) is 5.10 Å². The molecule has 1 fully saturated rings. The van der Waals surface area contributed by atoms with E-state index in [1.165, 1.54) is 12.1 Å². The van der Waals surface area contributed by atoms with Gasteiger partial charge >= 0.3 is 5.97 Å². The first-order valence-corrected chi connectivity index (χ1v) is 9.24. The molecule has 1 atom stereocenters. The molecule has 26 heavy (non-hydrogen) atoms. The number of ether oxygens (including phenoxy) is 1. The molecular weight excluding hydrogens is 335 g/mol. The number of benzene rings is 1. The molecular formula is C20H21FN2O3.